The van der Waals surface area contributed by atoms with Crippen molar-refractivity contribution in [2.75, 3.05) is 11.9 Å². The number of rotatable bonds is 7. The molecule has 9 heteroatoms. The molecule has 2 rings (SSSR count). The molecule has 0 atom stereocenters. The van der Waals surface area contributed by atoms with Gasteiger partial charge in [0, 0.05) is 23.2 Å². The number of benzene rings is 2. The number of amides is 1. The Bertz CT molecular complexity index is 824. The van der Waals surface area contributed by atoms with Gasteiger partial charge >= 0.3 is 5.97 Å². The predicted molar refractivity (Wildman–Crippen MR) is 90.0 cm³/mol. The van der Waals surface area contributed by atoms with Crippen molar-refractivity contribution in [3.8, 4) is 5.75 Å². The van der Waals surface area contributed by atoms with Gasteiger partial charge in [-0.25, -0.2) is 4.79 Å². The molecule has 0 radical (unpaired) electrons. The number of carbonyl (C=O) groups excluding carboxylic acids is 1. The van der Waals surface area contributed by atoms with E-state index in [1.165, 1.54) is 36.4 Å². The minimum atomic E-state index is -1.17. The molecule has 0 heterocycles. The molecule has 2 N–H and O–H groups in total. The first-order valence-electron chi connectivity index (χ1n) is 7.02. The number of carboxylic acids is 1. The number of carbonyl (C=O) groups is 2. The first kappa shape index (κ1) is 18.2. The second kappa shape index (κ2) is 8.11. The van der Waals surface area contributed by atoms with Crippen LogP contribution < -0.4 is 10.1 Å². The first-order valence-corrected chi connectivity index (χ1v) is 7.40. The summed E-state index contributed by atoms with van der Waals surface area (Å²) in [5, 5.41) is 22.3. The molecule has 1 amide bonds. The van der Waals surface area contributed by atoms with Crippen molar-refractivity contribution in [3.05, 3.63) is 63.2 Å². The van der Waals surface area contributed by atoms with E-state index >= 15 is 0 Å². The van der Waals surface area contributed by atoms with Gasteiger partial charge in [0.15, 0.2) is 6.61 Å². The van der Waals surface area contributed by atoms with Gasteiger partial charge in [0.05, 0.1) is 17.0 Å². The van der Waals surface area contributed by atoms with Crippen LogP contribution in [-0.2, 0) is 16.0 Å². The molecule has 0 aliphatic carbocycles. The van der Waals surface area contributed by atoms with Gasteiger partial charge in [-0.2, -0.15) is 0 Å². The van der Waals surface area contributed by atoms with Crippen LogP contribution in [0.25, 0.3) is 0 Å². The third kappa shape index (κ3) is 5.47. The van der Waals surface area contributed by atoms with E-state index in [1.54, 1.807) is 6.07 Å². The highest BCUT2D eigenvalue weighted by atomic mass is 35.5. The van der Waals surface area contributed by atoms with E-state index < -0.39 is 23.4 Å². The Morgan fingerprint density at radius 2 is 2.00 bits per heavy atom. The number of hydrogen-bond donors (Lipinski definition) is 2. The summed E-state index contributed by atoms with van der Waals surface area (Å²) in [4.78, 5) is 33.0. The van der Waals surface area contributed by atoms with Crippen molar-refractivity contribution < 1.29 is 24.4 Å². The molecule has 0 saturated carbocycles. The standard InChI is InChI=1S/C16H13ClN2O6/c17-11-4-5-13(14(8-11)25-9-16(21)22)18-15(20)7-10-2-1-3-12(6-10)19(23)24/h1-6,8H,7,9H2,(H,18,20)(H,21,22). The van der Waals surface area contributed by atoms with Crippen molar-refractivity contribution >= 4 is 34.9 Å². The Hall–Kier alpha value is -3.13. The third-order valence-electron chi connectivity index (χ3n) is 3.05. The average molecular weight is 365 g/mol. The second-order valence-corrected chi connectivity index (χ2v) is 5.41. The maximum atomic E-state index is 12.2. The summed E-state index contributed by atoms with van der Waals surface area (Å²) in [5.41, 5.74) is 0.608. The Balaban J connectivity index is 2.11. The van der Waals surface area contributed by atoms with Gasteiger partial charge in [-0.1, -0.05) is 23.7 Å². The lowest BCUT2D eigenvalue weighted by atomic mass is 10.1. The topological polar surface area (TPSA) is 119 Å². The fraction of sp³-hybridized carbons (Fsp3) is 0.125. The molecule has 0 saturated heterocycles. The van der Waals surface area contributed by atoms with E-state index in [1.807, 2.05) is 0 Å². The van der Waals surface area contributed by atoms with E-state index in [2.05, 4.69) is 5.32 Å². The van der Waals surface area contributed by atoms with Crippen LogP contribution in [0.3, 0.4) is 0 Å². The molecule has 0 unspecified atom stereocenters. The molecule has 130 valence electrons. The number of nitro benzene ring substituents is 1. The fourth-order valence-electron chi connectivity index (χ4n) is 2.02. The zero-order chi connectivity index (χ0) is 18.4. The van der Waals surface area contributed by atoms with Crippen molar-refractivity contribution in [2.45, 2.75) is 6.42 Å². The molecule has 2 aromatic rings. The number of hydrogen-bond acceptors (Lipinski definition) is 5. The van der Waals surface area contributed by atoms with E-state index in [9.17, 15) is 19.7 Å². The summed E-state index contributed by atoms with van der Waals surface area (Å²) in [6, 6.07) is 10.1. The Morgan fingerprint density at radius 3 is 2.68 bits per heavy atom. The summed E-state index contributed by atoms with van der Waals surface area (Å²) in [6.07, 6.45) is -0.0946. The van der Waals surface area contributed by atoms with Gasteiger partial charge < -0.3 is 15.2 Å². The quantitative estimate of drug-likeness (QED) is 0.576. The van der Waals surface area contributed by atoms with Crippen molar-refractivity contribution in [3.63, 3.8) is 0 Å². The Morgan fingerprint density at radius 1 is 1.24 bits per heavy atom. The average Bonchev–Trinajstić information content (AvgIpc) is 2.55. The minimum Gasteiger partial charge on any atom is -0.480 e. The number of carboxylic acid groups (broad SMARTS) is 1. The third-order valence-corrected chi connectivity index (χ3v) is 3.29. The largest absolute Gasteiger partial charge is 0.480 e. The minimum absolute atomic E-state index is 0.0946. The van der Waals surface area contributed by atoms with E-state index in [0.717, 1.165) is 0 Å². The Labute approximate surface area is 147 Å². The van der Waals surface area contributed by atoms with Gasteiger partial charge in [-0.3, -0.25) is 14.9 Å². The second-order valence-electron chi connectivity index (χ2n) is 4.97. The molecule has 0 aliphatic heterocycles. The highest BCUT2D eigenvalue weighted by Gasteiger charge is 2.13. The van der Waals surface area contributed by atoms with Crippen LogP contribution in [0.5, 0.6) is 5.75 Å². The number of anilines is 1. The summed E-state index contributed by atoms with van der Waals surface area (Å²) < 4.78 is 5.09. The summed E-state index contributed by atoms with van der Waals surface area (Å²) in [5.74, 6) is -1.50. The Kier molecular flexibility index (Phi) is 5.91. The number of nitro groups is 1. The number of non-ortho nitro benzene ring substituents is 1. The molecule has 8 nitrogen and oxygen atoms in total. The number of nitrogens with zero attached hydrogens (tertiary/aromatic N) is 1. The van der Waals surface area contributed by atoms with Crippen molar-refractivity contribution in [1.82, 2.24) is 0 Å². The zero-order valence-electron chi connectivity index (χ0n) is 12.8. The molecule has 0 fully saturated rings. The molecule has 2 aromatic carbocycles. The normalized spacial score (nSPS) is 10.1. The van der Waals surface area contributed by atoms with Crippen LogP contribution in [-0.4, -0.2) is 28.5 Å². The van der Waals surface area contributed by atoms with Crippen LogP contribution >= 0.6 is 11.6 Å². The van der Waals surface area contributed by atoms with E-state index in [0.29, 0.717) is 10.6 Å². The van der Waals surface area contributed by atoms with Crippen LogP contribution in [0.2, 0.25) is 5.02 Å². The van der Waals surface area contributed by atoms with Crippen LogP contribution in [0.15, 0.2) is 42.5 Å². The van der Waals surface area contributed by atoms with Gasteiger partial charge in [0.2, 0.25) is 5.91 Å². The monoisotopic (exact) mass is 364 g/mol. The van der Waals surface area contributed by atoms with Crippen molar-refractivity contribution in [2.24, 2.45) is 0 Å². The van der Waals surface area contributed by atoms with E-state index in [4.69, 9.17) is 21.4 Å². The highest BCUT2D eigenvalue weighted by molar-refractivity contribution is 6.30. The lowest BCUT2D eigenvalue weighted by molar-refractivity contribution is -0.384. The summed E-state index contributed by atoms with van der Waals surface area (Å²) in [6.45, 7) is -0.589. The van der Waals surface area contributed by atoms with Gasteiger partial charge in [-0.15, -0.1) is 0 Å². The maximum Gasteiger partial charge on any atom is 0.341 e. The van der Waals surface area contributed by atoms with Gasteiger partial charge in [0.1, 0.15) is 5.75 Å². The molecule has 25 heavy (non-hydrogen) atoms. The van der Waals surface area contributed by atoms with Crippen molar-refractivity contribution in [1.29, 1.82) is 0 Å². The van der Waals surface area contributed by atoms with E-state index in [-0.39, 0.29) is 23.5 Å². The lowest BCUT2D eigenvalue weighted by Crippen LogP contribution is -2.16. The first-order chi connectivity index (χ1) is 11.8. The fourth-order valence-corrected chi connectivity index (χ4v) is 2.18. The highest BCUT2D eigenvalue weighted by Crippen LogP contribution is 2.28. The summed E-state index contributed by atoms with van der Waals surface area (Å²) in [7, 11) is 0. The maximum absolute atomic E-state index is 12.2. The predicted octanol–water partition coefficient (Wildman–Crippen LogP) is 2.89. The molecule has 0 aromatic heterocycles. The van der Waals surface area contributed by atoms with Crippen LogP contribution in [0, 0.1) is 10.1 Å². The SMILES string of the molecule is O=C(O)COc1cc(Cl)ccc1NC(=O)Cc1cccc([N+](=O)[O-])c1. The van der Waals surface area contributed by atoms with Crippen LogP contribution in [0.1, 0.15) is 5.56 Å². The number of halogens is 1. The summed E-state index contributed by atoms with van der Waals surface area (Å²) >= 11 is 5.84. The zero-order valence-corrected chi connectivity index (χ0v) is 13.5. The molecule has 0 aliphatic rings. The molecule has 0 spiro atoms. The number of ether oxygens (including phenoxy) is 1. The molecular formula is C16H13ClN2O6. The lowest BCUT2D eigenvalue weighted by Gasteiger charge is -2.12. The van der Waals surface area contributed by atoms with Gasteiger partial charge in [0.25, 0.3) is 5.69 Å². The smallest absolute Gasteiger partial charge is 0.341 e. The van der Waals surface area contributed by atoms with Gasteiger partial charge in [-0.05, 0) is 17.7 Å². The van der Waals surface area contributed by atoms with Crippen LogP contribution in [0.4, 0.5) is 11.4 Å². The number of aliphatic carboxylic acids is 1. The molecule has 0 bridgehead atoms. The molecular weight excluding hydrogens is 352 g/mol. The number of nitrogens with one attached hydrogen (secondary N) is 1.